The lowest BCUT2D eigenvalue weighted by molar-refractivity contribution is -0.144. The molecule has 1 aliphatic rings. The van der Waals surface area contributed by atoms with Crippen molar-refractivity contribution >= 4 is 33.4 Å². The number of hydrogen-bond donors (Lipinski definition) is 2. The molecule has 1 fully saturated rings. The molecule has 1 aromatic carbocycles. The highest BCUT2D eigenvalue weighted by atomic mass is 32.1. The maximum Gasteiger partial charge on any atom is 0.307 e. The Morgan fingerprint density at radius 1 is 1.38 bits per heavy atom. The number of carboxylic acid groups (broad SMARTS) is 1. The number of hydrogen-bond acceptors (Lipinski definition) is 5. The van der Waals surface area contributed by atoms with Gasteiger partial charge in [-0.1, -0.05) is 12.1 Å². The van der Waals surface area contributed by atoms with Gasteiger partial charge in [0.05, 0.1) is 27.7 Å². The van der Waals surface area contributed by atoms with Crippen molar-refractivity contribution in [1.82, 2.24) is 15.2 Å². The highest BCUT2D eigenvalue weighted by Gasteiger charge is 2.26. The van der Waals surface area contributed by atoms with Gasteiger partial charge in [0.25, 0.3) is 0 Å². The highest BCUT2D eigenvalue weighted by molar-refractivity contribution is 7.18. The van der Waals surface area contributed by atoms with Crippen molar-refractivity contribution in [2.75, 3.05) is 26.2 Å². The van der Waals surface area contributed by atoms with Crippen molar-refractivity contribution in [3.8, 4) is 0 Å². The SMILES string of the molecule is O=C(CN1CCCC(C(=O)O)C1)NCCc1nc2ccccc2s1. The number of thiazole rings is 1. The number of benzene rings is 1. The summed E-state index contributed by atoms with van der Waals surface area (Å²) < 4.78 is 1.16. The van der Waals surface area contributed by atoms with Crippen LogP contribution in [0.5, 0.6) is 0 Å². The summed E-state index contributed by atoms with van der Waals surface area (Å²) in [5.74, 6) is -1.17. The van der Waals surface area contributed by atoms with Crippen molar-refractivity contribution in [2.24, 2.45) is 5.92 Å². The van der Waals surface area contributed by atoms with Gasteiger partial charge in [0, 0.05) is 19.5 Å². The predicted molar refractivity (Wildman–Crippen MR) is 93.1 cm³/mol. The van der Waals surface area contributed by atoms with Crippen LogP contribution < -0.4 is 5.32 Å². The maximum absolute atomic E-state index is 12.0. The molecule has 2 aromatic rings. The Morgan fingerprint density at radius 3 is 3.00 bits per heavy atom. The molecule has 0 radical (unpaired) electrons. The Balaban J connectivity index is 1.43. The molecule has 0 spiro atoms. The Bertz CT molecular complexity index is 698. The highest BCUT2D eigenvalue weighted by Crippen LogP contribution is 2.21. The first kappa shape index (κ1) is 16.9. The number of rotatable bonds is 6. The Labute approximate surface area is 144 Å². The van der Waals surface area contributed by atoms with Crippen LogP contribution in [0, 0.1) is 5.92 Å². The number of carbonyl (C=O) groups is 2. The number of nitrogens with one attached hydrogen (secondary N) is 1. The molecule has 0 saturated carbocycles. The van der Waals surface area contributed by atoms with Crippen LogP contribution in [-0.2, 0) is 16.0 Å². The average molecular weight is 347 g/mol. The summed E-state index contributed by atoms with van der Waals surface area (Å²) in [7, 11) is 0. The number of carbonyl (C=O) groups excluding carboxylic acids is 1. The second-order valence-corrected chi connectivity index (χ2v) is 7.20. The van der Waals surface area contributed by atoms with Gasteiger partial charge in [0.1, 0.15) is 0 Å². The second kappa shape index (κ2) is 7.72. The van der Waals surface area contributed by atoms with Crippen LogP contribution in [0.25, 0.3) is 10.2 Å². The van der Waals surface area contributed by atoms with Crippen LogP contribution in [-0.4, -0.2) is 53.0 Å². The fourth-order valence-corrected chi connectivity index (χ4v) is 3.96. The van der Waals surface area contributed by atoms with E-state index < -0.39 is 5.97 Å². The molecule has 1 amide bonds. The zero-order valence-electron chi connectivity index (χ0n) is 13.4. The van der Waals surface area contributed by atoms with E-state index in [4.69, 9.17) is 5.11 Å². The quantitative estimate of drug-likeness (QED) is 0.832. The lowest BCUT2D eigenvalue weighted by Crippen LogP contribution is -2.44. The summed E-state index contributed by atoms with van der Waals surface area (Å²) in [5, 5.41) is 13.0. The number of likely N-dealkylation sites (tertiary alicyclic amines) is 1. The minimum atomic E-state index is -0.768. The fraction of sp³-hybridized carbons (Fsp3) is 0.471. The van der Waals surface area contributed by atoms with Crippen LogP contribution in [0.15, 0.2) is 24.3 Å². The van der Waals surface area contributed by atoms with Gasteiger partial charge in [0.2, 0.25) is 5.91 Å². The Morgan fingerprint density at radius 2 is 2.21 bits per heavy atom. The molecule has 2 heterocycles. The van der Waals surface area contributed by atoms with Crippen LogP contribution in [0.1, 0.15) is 17.8 Å². The molecule has 6 nitrogen and oxygen atoms in total. The van der Waals surface area contributed by atoms with Gasteiger partial charge in [-0.25, -0.2) is 4.98 Å². The van der Waals surface area contributed by atoms with E-state index in [0.29, 0.717) is 25.9 Å². The molecule has 1 aliphatic heterocycles. The van der Waals surface area contributed by atoms with Gasteiger partial charge in [-0.15, -0.1) is 11.3 Å². The van der Waals surface area contributed by atoms with Gasteiger partial charge < -0.3 is 10.4 Å². The standard InChI is InChI=1S/C17H21N3O3S/c21-15(11-20-9-3-4-12(10-20)17(22)23)18-8-7-16-19-13-5-1-2-6-14(13)24-16/h1-2,5-6,12H,3-4,7-11H2,(H,18,21)(H,22,23). The van der Waals surface area contributed by atoms with E-state index in [9.17, 15) is 9.59 Å². The second-order valence-electron chi connectivity index (χ2n) is 6.09. The van der Waals surface area contributed by atoms with Crippen molar-refractivity contribution in [3.05, 3.63) is 29.3 Å². The molecule has 0 bridgehead atoms. The van der Waals surface area contributed by atoms with Gasteiger partial charge in [-0.3, -0.25) is 14.5 Å². The summed E-state index contributed by atoms with van der Waals surface area (Å²) in [5.41, 5.74) is 0.997. The van der Waals surface area contributed by atoms with Crippen LogP contribution in [0.3, 0.4) is 0 Å². The van der Waals surface area contributed by atoms with E-state index in [1.54, 1.807) is 11.3 Å². The number of piperidine rings is 1. The van der Waals surface area contributed by atoms with Crippen molar-refractivity contribution in [3.63, 3.8) is 0 Å². The van der Waals surface area contributed by atoms with Crippen LogP contribution in [0.4, 0.5) is 0 Å². The molecule has 1 atom stereocenters. The summed E-state index contributed by atoms with van der Waals surface area (Å²) in [6, 6.07) is 8.00. The number of carboxylic acids is 1. The van der Waals surface area contributed by atoms with E-state index in [0.717, 1.165) is 28.2 Å². The molecule has 7 heteroatoms. The van der Waals surface area contributed by atoms with Gasteiger partial charge in [-0.2, -0.15) is 0 Å². The molecule has 2 N–H and O–H groups in total. The fourth-order valence-electron chi connectivity index (χ4n) is 3.00. The molecule has 1 aromatic heterocycles. The number of aliphatic carboxylic acids is 1. The molecule has 3 rings (SSSR count). The van der Waals surface area contributed by atoms with Gasteiger partial charge in [-0.05, 0) is 31.5 Å². The Kier molecular flexibility index (Phi) is 5.42. The molecule has 24 heavy (non-hydrogen) atoms. The van der Waals surface area contributed by atoms with Crippen LogP contribution >= 0.6 is 11.3 Å². The van der Waals surface area contributed by atoms with Crippen molar-refractivity contribution in [2.45, 2.75) is 19.3 Å². The molecule has 1 unspecified atom stereocenters. The molecule has 0 aliphatic carbocycles. The predicted octanol–water partition coefficient (Wildman–Crippen LogP) is 1.75. The van der Waals surface area contributed by atoms with Crippen LogP contribution in [0.2, 0.25) is 0 Å². The lowest BCUT2D eigenvalue weighted by Gasteiger charge is -2.29. The third-order valence-corrected chi connectivity index (χ3v) is 5.32. The number of para-hydroxylation sites is 1. The monoisotopic (exact) mass is 347 g/mol. The maximum atomic E-state index is 12.0. The Hall–Kier alpha value is -1.99. The number of fused-ring (bicyclic) bond motifs is 1. The summed E-state index contributed by atoms with van der Waals surface area (Å²) >= 11 is 1.65. The van der Waals surface area contributed by atoms with Crippen molar-refractivity contribution < 1.29 is 14.7 Å². The van der Waals surface area contributed by atoms with E-state index >= 15 is 0 Å². The average Bonchev–Trinajstić information content (AvgIpc) is 2.97. The van der Waals surface area contributed by atoms with E-state index in [1.807, 2.05) is 29.2 Å². The third-order valence-electron chi connectivity index (χ3n) is 4.22. The minimum absolute atomic E-state index is 0.0536. The molecular weight excluding hydrogens is 326 g/mol. The minimum Gasteiger partial charge on any atom is -0.481 e. The largest absolute Gasteiger partial charge is 0.481 e. The van der Waals surface area contributed by atoms with Crippen molar-refractivity contribution in [1.29, 1.82) is 0 Å². The smallest absolute Gasteiger partial charge is 0.307 e. The lowest BCUT2D eigenvalue weighted by atomic mass is 9.98. The van der Waals surface area contributed by atoms with E-state index in [1.165, 1.54) is 0 Å². The topological polar surface area (TPSA) is 82.5 Å². The first-order chi connectivity index (χ1) is 11.6. The summed E-state index contributed by atoms with van der Waals surface area (Å²) in [6.07, 6.45) is 2.24. The normalized spacial score (nSPS) is 18.6. The number of aromatic nitrogens is 1. The first-order valence-corrected chi connectivity index (χ1v) is 9.00. The summed E-state index contributed by atoms with van der Waals surface area (Å²) in [6.45, 7) is 2.06. The van der Waals surface area contributed by atoms with E-state index in [-0.39, 0.29) is 18.4 Å². The molecular formula is C17H21N3O3S. The molecule has 128 valence electrons. The first-order valence-electron chi connectivity index (χ1n) is 8.18. The third kappa shape index (κ3) is 4.30. The number of nitrogens with zero attached hydrogens (tertiary/aromatic N) is 2. The number of amides is 1. The van der Waals surface area contributed by atoms with E-state index in [2.05, 4.69) is 10.3 Å². The van der Waals surface area contributed by atoms with Gasteiger partial charge in [0.15, 0.2) is 0 Å². The van der Waals surface area contributed by atoms with Gasteiger partial charge >= 0.3 is 5.97 Å². The summed E-state index contributed by atoms with van der Waals surface area (Å²) in [4.78, 5) is 29.6. The zero-order chi connectivity index (χ0) is 16.9. The zero-order valence-corrected chi connectivity index (χ0v) is 14.2. The molecule has 1 saturated heterocycles.